The Morgan fingerprint density at radius 2 is 2.23 bits per heavy atom. The van der Waals surface area contributed by atoms with Gasteiger partial charge in [-0.1, -0.05) is 12.1 Å². The summed E-state index contributed by atoms with van der Waals surface area (Å²) in [5, 5.41) is 8.77. The van der Waals surface area contributed by atoms with E-state index in [2.05, 4.69) is 39.4 Å². The van der Waals surface area contributed by atoms with Gasteiger partial charge in [0, 0.05) is 24.0 Å². The number of guanidine groups is 1. The highest BCUT2D eigenvalue weighted by atomic mass is 32.1. The molecule has 0 saturated heterocycles. The van der Waals surface area contributed by atoms with Crippen LogP contribution in [0.4, 0.5) is 10.8 Å². The van der Waals surface area contributed by atoms with E-state index < -0.39 is 0 Å². The van der Waals surface area contributed by atoms with Crippen LogP contribution in [0.1, 0.15) is 13.8 Å². The van der Waals surface area contributed by atoms with Crippen LogP contribution >= 0.6 is 11.3 Å². The summed E-state index contributed by atoms with van der Waals surface area (Å²) in [6, 6.07) is 8.28. The Bertz CT molecular complexity index is 674. The Morgan fingerprint density at radius 3 is 2.95 bits per heavy atom. The molecule has 1 heterocycles. The minimum absolute atomic E-state index is 0.346. The van der Waals surface area contributed by atoms with E-state index in [4.69, 9.17) is 5.73 Å². The van der Waals surface area contributed by atoms with Crippen molar-refractivity contribution in [1.82, 2.24) is 10.3 Å². The number of benzene rings is 1. The smallest absolute Gasteiger partial charge is 0.194 e. The second-order valence-electron chi connectivity index (χ2n) is 4.90. The molecule has 0 bridgehead atoms. The van der Waals surface area contributed by atoms with Crippen molar-refractivity contribution >= 4 is 34.5 Å². The summed E-state index contributed by atoms with van der Waals surface area (Å²) in [4.78, 5) is 12.7. The largest absolute Gasteiger partial charge is 0.374 e. The number of thiazole rings is 1. The number of hydrogen-bond donors (Lipinski definition) is 3. The van der Waals surface area contributed by atoms with Crippen molar-refractivity contribution in [3.63, 3.8) is 0 Å². The average molecular weight is 316 g/mol. The Morgan fingerprint density at radius 1 is 1.41 bits per heavy atom. The highest BCUT2D eigenvalue weighted by Crippen LogP contribution is 2.27. The second-order valence-corrected chi connectivity index (χ2v) is 5.76. The van der Waals surface area contributed by atoms with Crippen LogP contribution in [0.2, 0.25) is 0 Å². The first kappa shape index (κ1) is 16.0. The fraction of sp³-hybridized carbons (Fsp3) is 0.267. The standard InChI is InChI=1S/C15H20N6S/c1-10(2)18-9-19-12-6-4-5-11(7-12)13-8-22-15(20-13)21-14(16)17-3/h4-10H,1-3H3,(H,18,19)(H3,16,17,20,21). The predicted octanol–water partition coefficient (Wildman–Crippen LogP) is 2.82. The summed E-state index contributed by atoms with van der Waals surface area (Å²) in [5.41, 5.74) is 8.40. The van der Waals surface area contributed by atoms with E-state index >= 15 is 0 Å². The minimum Gasteiger partial charge on any atom is -0.374 e. The molecule has 0 saturated carbocycles. The molecule has 0 aliphatic heterocycles. The quantitative estimate of drug-likeness (QED) is 0.584. The molecule has 7 heteroatoms. The van der Waals surface area contributed by atoms with Crippen molar-refractivity contribution in [2.24, 2.45) is 15.7 Å². The van der Waals surface area contributed by atoms with Crippen LogP contribution in [-0.4, -0.2) is 30.4 Å². The molecule has 0 aliphatic carbocycles. The molecule has 116 valence electrons. The third-order valence-electron chi connectivity index (χ3n) is 2.74. The van der Waals surface area contributed by atoms with Crippen LogP contribution in [-0.2, 0) is 0 Å². The number of hydrogen-bond acceptors (Lipinski definition) is 4. The van der Waals surface area contributed by atoms with Gasteiger partial charge in [0.25, 0.3) is 0 Å². The van der Waals surface area contributed by atoms with Crippen LogP contribution in [0, 0.1) is 0 Å². The molecule has 0 radical (unpaired) electrons. The van der Waals surface area contributed by atoms with E-state index in [1.807, 2.05) is 29.6 Å². The Balaban J connectivity index is 2.14. The SMILES string of the molecule is C/N=C(/N)Nc1nc(-c2cccc(/N=C/NC(C)C)c2)cs1. The van der Waals surface area contributed by atoms with Crippen LogP contribution in [0.25, 0.3) is 11.3 Å². The lowest BCUT2D eigenvalue weighted by atomic mass is 10.1. The lowest BCUT2D eigenvalue weighted by Gasteiger charge is -2.03. The maximum absolute atomic E-state index is 5.64. The van der Waals surface area contributed by atoms with E-state index in [1.165, 1.54) is 11.3 Å². The van der Waals surface area contributed by atoms with Crippen molar-refractivity contribution in [1.29, 1.82) is 0 Å². The van der Waals surface area contributed by atoms with Crippen molar-refractivity contribution < 1.29 is 0 Å². The molecule has 1 aromatic carbocycles. The van der Waals surface area contributed by atoms with Gasteiger partial charge in [-0.15, -0.1) is 11.3 Å². The molecule has 6 nitrogen and oxygen atoms in total. The molecule has 0 spiro atoms. The molecule has 2 rings (SSSR count). The highest BCUT2D eigenvalue weighted by Gasteiger charge is 2.05. The van der Waals surface area contributed by atoms with E-state index in [9.17, 15) is 0 Å². The first-order chi connectivity index (χ1) is 10.6. The summed E-state index contributed by atoms with van der Waals surface area (Å²) in [6.07, 6.45) is 1.72. The number of nitrogens with zero attached hydrogens (tertiary/aromatic N) is 3. The number of anilines is 1. The van der Waals surface area contributed by atoms with Crippen LogP contribution in [0.3, 0.4) is 0 Å². The van der Waals surface area contributed by atoms with Crippen molar-refractivity contribution in [3.8, 4) is 11.3 Å². The van der Waals surface area contributed by atoms with Crippen LogP contribution < -0.4 is 16.4 Å². The van der Waals surface area contributed by atoms with Gasteiger partial charge in [0.2, 0.25) is 0 Å². The van der Waals surface area contributed by atoms with Crippen LogP contribution in [0.5, 0.6) is 0 Å². The number of rotatable bonds is 5. The van der Waals surface area contributed by atoms with Gasteiger partial charge in [0.15, 0.2) is 11.1 Å². The zero-order valence-corrected chi connectivity index (χ0v) is 13.7. The molecule has 0 aliphatic rings. The molecule has 0 atom stereocenters. The number of aromatic nitrogens is 1. The summed E-state index contributed by atoms with van der Waals surface area (Å²) >= 11 is 1.48. The highest BCUT2D eigenvalue weighted by molar-refractivity contribution is 7.14. The molecule has 0 fully saturated rings. The number of nitrogens with one attached hydrogen (secondary N) is 2. The first-order valence-corrected chi connectivity index (χ1v) is 7.80. The van der Waals surface area contributed by atoms with E-state index in [-0.39, 0.29) is 0 Å². The third-order valence-corrected chi connectivity index (χ3v) is 3.50. The fourth-order valence-corrected chi connectivity index (χ4v) is 2.36. The summed E-state index contributed by atoms with van der Waals surface area (Å²) in [7, 11) is 1.63. The molecule has 0 unspecified atom stereocenters. The third kappa shape index (κ3) is 4.56. The van der Waals surface area contributed by atoms with E-state index in [0.717, 1.165) is 16.9 Å². The molecule has 22 heavy (non-hydrogen) atoms. The molecule has 2 aromatic rings. The zero-order valence-electron chi connectivity index (χ0n) is 12.9. The molecular weight excluding hydrogens is 296 g/mol. The average Bonchev–Trinajstić information content (AvgIpc) is 2.95. The van der Waals surface area contributed by atoms with Gasteiger partial charge in [-0.3, -0.25) is 4.99 Å². The van der Waals surface area contributed by atoms with Gasteiger partial charge < -0.3 is 16.4 Å². The van der Waals surface area contributed by atoms with Crippen molar-refractivity contribution in [2.75, 3.05) is 12.4 Å². The minimum atomic E-state index is 0.346. The van der Waals surface area contributed by atoms with E-state index in [0.29, 0.717) is 17.1 Å². The number of nitrogens with two attached hydrogens (primary N) is 1. The van der Waals surface area contributed by atoms with E-state index in [1.54, 1.807) is 13.4 Å². The Hall–Kier alpha value is -2.41. The first-order valence-electron chi connectivity index (χ1n) is 6.92. The Kier molecular flexibility index (Phi) is 5.48. The predicted molar refractivity (Wildman–Crippen MR) is 95.1 cm³/mol. The van der Waals surface area contributed by atoms with Gasteiger partial charge in [-0.05, 0) is 26.0 Å². The monoisotopic (exact) mass is 316 g/mol. The maximum atomic E-state index is 5.64. The second kappa shape index (κ2) is 7.56. The zero-order chi connectivity index (χ0) is 15.9. The fourth-order valence-electron chi connectivity index (χ4n) is 1.64. The van der Waals surface area contributed by atoms with Gasteiger partial charge in [0.05, 0.1) is 17.7 Å². The Labute approximate surface area is 134 Å². The van der Waals surface area contributed by atoms with Gasteiger partial charge >= 0.3 is 0 Å². The topological polar surface area (TPSA) is 87.7 Å². The van der Waals surface area contributed by atoms with Crippen molar-refractivity contribution in [2.45, 2.75) is 19.9 Å². The maximum Gasteiger partial charge on any atom is 0.194 e. The lowest BCUT2D eigenvalue weighted by Crippen LogP contribution is -2.21. The van der Waals surface area contributed by atoms with Gasteiger partial charge in [-0.2, -0.15) is 0 Å². The lowest BCUT2D eigenvalue weighted by molar-refractivity contribution is 0.744. The molecule has 1 aromatic heterocycles. The van der Waals surface area contributed by atoms with Crippen LogP contribution in [0.15, 0.2) is 39.6 Å². The summed E-state index contributed by atoms with van der Waals surface area (Å²) in [6.45, 7) is 4.13. The van der Waals surface area contributed by atoms with Crippen molar-refractivity contribution in [3.05, 3.63) is 29.6 Å². The molecule has 4 N–H and O–H groups in total. The normalized spacial score (nSPS) is 12.1. The molecular formula is C15H20N6S. The summed E-state index contributed by atoms with van der Waals surface area (Å²) < 4.78 is 0. The number of aliphatic imine (C=N–C) groups is 2. The van der Waals surface area contributed by atoms with Gasteiger partial charge in [0.1, 0.15) is 0 Å². The molecule has 0 amide bonds. The summed E-state index contributed by atoms with van der Waals surface area (Å²) in [5.74, 6) is 0.346. The van der Waals surface area contributed by atoms with Gasteiger partial charge in [-0.25, -0.2) is 9.98 Å².